The van der Waals surface area contributed by atoms with Gasteiger partial charge in [-0.05, 0) is 32.4 Å². The lowest BCUT2D eigenvalue weighted by Gasteiger charge is -2.09. The van der Waals surface area contributed by atoms with E-state index < -0.39 is 0 Å². The number of hydrogen-bond acceptors (Lipinski definition) is 4. The van der Waals surface area contributed by atoms with Crippen molar-refractivity contribution in [1.29, 1.82) is 0 Å². The van der Waals surface area contributed by atoms with Crippen molar-refractivity contribution >= 4 is 41.3 Å². The SMILES string of the molecule is CCNC(=NCc1cc(CC)no1)NCc1ccc(C)s1.I. The minimum Gasteiger partial charge on any atom is -0.359 e. The number of rotatable bonds is 6. The highest BCUT2D eigenvalue weighted by molar-refractivity contribution is 14.0. The number of aliphatic imine (C=N–C) groups is 1. The molecule has 0 saturated carbocycles. The van der Waals surface area contributed by atoms with E-state index in [2.05, 4.69) is 53.7 Å². The molecule has 0 saturated heterocycles. The van der Waals surface area contributed by atoms with Crippen molar-refractivity contribution in [3.8, 4) is 0 Å². The summed E-state index contributed by atoms with van der Waals surface area (Å²) in [7, 11) is 0. The summed E-state index contributed by atoms with van der Waals surface area (Å²) in [6.07, 6.45) is 0.878. The molecule has 122 valence electrons. The van der Waals surface area contributed by atoms with Crippen LogP contribution in [0.3, 0.4) is 0 Å². The second-order valence-electron chi connectivity index (χ2n) is 4.70. The number of hydrogen-bond donors (Lipinski definition) is 2. The van der Waals surface area contributed by atoms with Crippen LogP contribution >= 0.6 is 35.3 Å². The van der Waals surface area contributed by atoms with Crippen molar-refractivity contribution in [2.24, 2.45) is 4.99 Å². The van der Waals surface area contributed by atoms with Crippen molar-refractivity contribution in [3.05, 3.63) is 39.4 Å². The van der Waals surface area contributed by atoms with E-state index in [1.54, 1.807) is 11.3 Å². The predicted octanol–water partition coefficient (Wildman–Crippen LogP) is 3.48. The molecule has 0 bridgehead atoms. The van der Waals surface area contributed by atoms with E-state index in [1.165, 1.54) is 9.75 Å². The number of halogens is 1. The van der Waals surface area contributed by atoms with Gasteiger partial charge >= 0.3 is 0 Å². The first-order valence-electron chi connectivity index (χ1n) is 7.23. The van der Waals surface area contributed by atoms with Crippen LogP contribution in [0.2, 0.25) is 0 Å². The number of thiophene rings is 1. The Morgan fingerprint density at radius 2 is 2.14 bits per heavy atom. The largest absolute Gasteiger partial charge is 0.359 e. The van der Waals surface area contributed by atoms with Gasteiger partial charge in [0.05, 0.1) is 12.2 Å². The topological polar surface area (TPSA) is 62.5 Å². The molecule has 7 heteroatoms. The Balaban J connectivity index is 0.00000242. The maximum atomic E-state index is 5.24. The first-order chi connectivity index (χ1) is 10.2. The van der Waals surface area contributed by atoms with Gasteiger partial charge in [0.1, 0.15) is 6.54 Å². The molecule has 2 N–H and O–H groups in total. The molecule has 2 aromatic heterocycles. The van der Waals surface area contributed by atoms with E-state index in [9.17, 15) is 0 Å². The standard InChI is InChI=1S/C15H22N4OS.HI/c1-4-12-8-13(20-19-12)9-17-15(16-5-2)18-10-14-7-6-11(3)21-14;/h6-8H,4-5,9-10H2,1-3H3,(H2,16,17,18);1H. The molecule has 0 aromatic carbocycles. The molecule has 0 atom stereocenters. The van der Waals surface area contributed by atoms with Gasteiger partial charge in [-0.3, -0.25) is 0 Å². The Morgan fingerprint density at radius 3 is 2.73 bits per heavy atom. The predicted molar refractivity (Wildman–Crippen MR) is 102 cm³/mol. The van der Waals surface area contributed by atoms with Gasteiger partial charge in [-0.2, -0.15) is 0 Å². The minimum absolute atomic E-state index is 0. The fourth-order valence-electron chi connectivity index (χ4n) is 1.85. The van der Waals surface area contributed by atoms with E-state index in [0.717, 1.165) is 36.9 Å². The van der Waals surface area contributed by atoms with Crippen molar-refractivity contribution in [1.82, 2.24) is 15.8 Å². The number of nitrogens with one attached hydrogen (secondary N) is 2. The lowest BCUT2D eigenvalue weighted by atomic mass is 10.3. The zero-order valence-electron chi connectivity index (χ0n) is 13.2. The molecule has 2 aromatic rings. The van der Waals surface area contributed by atoms with Gasteiger partial charge in [-0.25, -0.2) is 4.99 Å². The number of guanidine groups is 1. The van der Waals surface area contributed by atoms with Crippen molar-refractivity contribution in [2.45, 2.75) is 40.3 Å². The molecule has 0 fully saturated rings. The van der Waals surface area contributed by atoms with Gasteiger partial charge in [-0.15, -0.1) is 35.3 Å². The van der Waals surface area contributed by atoms with E-state index in [1.807, 2.05) is 6.07 Å². The Bertz CT molecular complexity index is 594. The zero-order chi connectivity index (χ0) is 15.1. The lowest BCUT2D eigenvalue weighted by Crippen LogP contribution is -2.36. The summed E-state index contributed by atoms with van der Waals surface area (Å²) < 4.78 is 5.24. The molecule has 0 radical (unpaired) electrons. The van der Waals surface area contributed by atoms with Gasteiger partial charge < -0.3 is 15.2 Å². The summed E-state index contributed by atoms with van der Waals surface area (Å²) in [5.74, 6) is 1.58. The highest BCUT2D eigenvalue weighted by Crippen LogP contribution is 2.14. The summed E-state index contributed by atoms with van der Waals surface area (Å²) >= 11 is 1.79. The molecule has 22 heavy (non-hydrogen) atoms. The quantitative estimate of drug-likeness (QED) is 0.415. The van der Waals surface area contributed by atoms with Crippen molar-refractivity contribution in [2.75, 3.05) is 6.54 Å². The number of nitrogens with zero attached hydrogens (tertiary/aromatic N) is 2. The summed E-state index contributed by atoms with van der Waals surface area (Å²) in [6, 6.07) is 6.22. The molecular weight excluding hydrogens is 411 g/mol. The van der Waals surface area contributed by atoms with Crippen LogP contribution in [0, 0.1) is 6.92 Å². The van der Waals surface area contributed by atoms with Crippen LogP contribution in [0.5, 0.6) is 0 Å². The van der Waals surface area contributed by atoms with E-state index in [4.69, 9.17) is 4.52 Å². The Morgan fingerprint density at radius 1 is 1.32 bits per heavy atom. The summed E-state index contributed by atoms with van der Waals surface area (Å²) in [5.41, 5.74) is 0.965. The molecular formula is C15H23IN4OS. The third-order valence-corrected chi connectivity index (χ3v) is 3.93. The van der Waals surface area contributed by atoms with E-state index in [-0.39, 0.29) is 24.0 Å². The molecule has 2 rings (SSSR count). The molecule has 5 nitrogen and oxygen atoms in total. The number of aromatic nitrogens is 1. The van der Waals surface area contributed by atoms with Gasteiger partial charge in [0.2, 0.25) is 0 Å². The van der Waals surface area contributed by atoms with Crippen LogP contribution in [0.25, 0.3) is 0 Å². The molecule has 0 spiro atoms. The van der Waals surface area contributed by atoms with Crippen LogP contribution < -0.4 is 10.6 Å². The Kier molecular flexibility index (Phi) is 8.47. The van der Waals surface area contributed by atoms with E-state index in [0.29, 0.717) is 6.54 Å². The van der Waals surface area contributed by atoms with Crippen LogP contribution in [0.4, 0.5) is 0 Å². The van der Waals surface area contributed by atoms with Crippen LogP contribution in [0.1, 0.15) is 35.1 Å². The first-order valence-corrected chi connectivity index (χ1v) is 8.04. The monoisotopic (exact) mass is 434 g/mol. The van der Waals surface area contributed by atoms with E-state index >= 15 is 0 Å². The average molecular weight is 434 g/mol. The second-order valence-corrected chi connectivity index (χ2v) is 6.07. The minimum atomic E-state index is 0. The van der Waals surface area contributed by atoms with Gasteiger partial charge in [0.15, 0.2) is 11.7 Å². The zero-order valence-corrected chi connectivity index (χ0v) is 16.3. The fourth-order valence-corrected chi connectivity index (χ4v) is 2.68. The normalized spacial score (nSPS) is 11.1. The Labute approximate surface area is 152 Å². The van der Waals surface area contributed by atoms with Crippen LogP contribution in [-0.2, 0) is 19.5 Å². The smallest absolute Gasteiger partial charge is 0.191 e. The molecule has 0 amide bonds. The molecule has 0 unspecified atom stereocenters. The highest BCUT2D eigenvalue weighted by atomic mass is 127. The van der Waals surface area contributed by atoms with Crippen molar-refractivity contribution < 1.29 is 4.52 Å². The third kappa shape index (κ3) is 5.96. The van der Waals surface area contributed by atoms with Gasteiger partial charge in [0, 0.05) is 22.4 Å². The van der Waals surface area contributed by atoms with Crippen LogP contribution in [0.15, 0.2) is 27.7 Å². The third-order valence-electron chi connectivity index (χ3n) is 2.93. The average Bonchev–Trinajstić information content (AvgIpc) is 3.10. The number of aryl methyl sites for hydroxylation is 2. The molecule has 2 heterocycles. The van der Waals surface area contributed by atoms with Crippen molar-refractivity contribution in [3.63, 3.8) is 0 Å². The lowest BCUT2D eigenvalue weighted by molar-refractivity contribution is 0.379. The molecule has 0 aliphatic carbocycles. The molecule has 0 aliphatic rings. The fraction of sp³-hybridized carbons (Fsp3) is 0.467. The highest BCUT2D eigenvalue weighted by Gasteiger charge is 2.04. The first kappa shape index (κ1) is 19.0. The summed E-state index contributed by atoms with van der Waals surface area (Å²) in [6.45, 7) is 8.32. The summed E-state index contributed by atoms with van der Waals surface area (Å²) in [4.78, 5) is 7.14. The molecule has 0 aliphatic heterocycles. The summed E-state index contributed by atoms with van der Waals surface area (Å²) in [5, 5.41) is 10.5. The van der Waals surface area contributed by atoms with Crippen LogP contribution in [-0.4, -0.2) is 17.7 Å². The van der Waals surface area contributed by atoms with Gasteiger partial charge in [-0.1, -0.05) is 12.1 Å². The second kappa shape index (κ2) is 9.83. The maximum Gasteiger partial charge on any atom is 0.191 e. The van der Waals surface area contributed by atoms with Gasteiger partial charge in [0.25, 0.3) is 0 Å². The Hall–Kier alpha value is -1.09. The maximum absolute atomic E-state index is 5.24.